The van der Waals surface area contributed by atoms with Gasteiger partial charge in [-0.3, -0.25) is 24.0 Å². The summed E-state index contributed by atoms with van der Waals surface area (Å²) in [5.74, 6) is -8.02. The zero-order valence-electron chi connectivity index (χ0n) is 17.0. The van der Waals surface area contributed by atoms with Crippen LogP contribution in [0.5, 0.6) is 0 Å². The van der Waals surface area contributed by atoms with Crippen LogP contribution in [0, 0.1) is 5.92 Å². The van der Waals surface area contributed by atoms with Crippen molar-refractivity contribution in [3.8, 4) is 0 Å². The Morgan fingerprint density at radius 2 is 1.19 bits per heavy atom. The molecule has 0 bridgehead atoms. The maximum absolute atomic E-state index is 12.5. The largest absolute Gasteiger partial charge is 0.481 e. The lowest BCUT2D eigenvalue weighted by atomic mass is 9.99. The maximum Gasteiger partial charge on any atom is 0.327 e. The zero-order valence-corrected chi connectivity index (χ0v) is 17.9. The predicted octanol–water partition coefficient (Wildman–Crippen LogP) is -2.22. The number of carboxylic acid groups (broad SMARTS) is 3. The summed E-state index contributed by atoms with van der Waals surface area (Å²) in [6, 6.07) is -5.86. The highest BCUT2D eigenvalue weighted by Gasteiger charge is 2.32. The number of aliphatic carboxylic acids is 3. The third kappa shape index (κ3) is 10.1. The Balaban J connectivity index is 5.50. The van der Waals surface area contributed by atoms with Gasteiger partial charge in [0, 0.05) is 5.75 Å². The summed E-state index contributed by atoms with van der Waals surface area (Å²) in [7, 11) is 0. The Morgan fingerprint density at radius 3 is 1.52 bits per heavy atom. The molecule has 0 aromatic carbocycles. The van der Waals surface area contributed by atoms with Crippen molar-refractivity contribution in [2.75, 3.05) is 5.75 Å². The van der Waals surface area contributed by atoms with Crippen LogP contribution in [0.1, 0.15) is 33.1 Å². The molecule has 0 fully saturated rings. The van der Waals surface area contributed by atoms with Gasteiger partial charge < -0.3 is 37.0 Å². The van der Waals surface area contributed by atoms with Gasteiger partial charge in [0.25, 0.3) is 0 Å². The highest BCUT2D eigenvalue weighted by Crippen LogP contribution is 2.07. The lowest BCUT2D eigenvalue weighted by molar-refractivity contribution is -0.144. The molecule has 8 N–H and O–H groups in total. The van der Waals surface area contributed by atoms with E-state index in [-0.39, 0.29) is 11.7 Å². The lowest BCUT2D eigenvalue weighted by Gasteiger charge is -2.24. The molecule has 0 spiro atoms. The maximum atomic E-state index is 12.5. The van der Waals surface area contributed by atoms with Crippen LogP contribution in [0.15, 0.2) is 0 Å². The molecule has 0 aliphatic carbocycles. The van der Waals surface area contributed by atoms with E-state index in [1.165, 1.54) is 0 Å². The summed E-state index contributed by atoms with van der Waals surface area (Å²) < 4.78 is 0. The van der Waals surface area contributed by atoms with Crippen LogP contribution in [0.4, 0.5) is 0 Å². The molecule has 0 saturated carbocycles. The molecule has 0 saturated heterocycles. The van der Waals surface area contributed by atoms with E-state index in [0.717, 1.165) is 0 Å². The van der Waals surface area contributed by atoms with Gasteiger partial charge in [0.15, 0.2) is 0 Å². The number of carbonyl (C=O) groups is 6. The molecule has 13 nitrogen and oxygen atoms in total. The van der Waals surface area contributed by atoms with Crippen LogP contribution >= 0.6 is 12.6 Å². The fourth-order valence-corrected chi connectivity index (χ4v) is 2.53. The summed E-state index contributed by atoms with van der Waals surface area (Å²) >= 11 is 3.77. The van der Waals surface area contributed by atoms with E-state index in [9.17, 15) is 28.8 Å². The van der Waals surface area contributed by atoms with E-state index in [0.29, 0.717) is 6.42 Å². The highest BCUT2D eigenvalue weighted by atomic mass is 32.1. The molecule has 176 valence electrons. The van der Waals surface area contributed by atoms with Crippen LogP contribution in [-0.4, -0.2) is 80.9 Å². The van der Waals surface area contributed by atoms with Gasteiger partial charge in [-0.25, -0.2) is 4.79 Å². The first-order valence-electron chi connectivity index (χ1n) is 9.27. The summed E-state index contributed by atoms with van der Waals surface area (Å²) in [5.41, 5.74) is 5.77. The highest BCUT2D eigenvalue weighted by molar-refractivity contribution is 7.80. The second-order valence-electron chi connectivity index (χ2n) is 6.81. The smallest absolute Gasteiger partial charge is 0.327 e. The second-order valence-corrected chi connectivity index (χ2v) is 7.18. The second kappa shape index (κ2) is 13.4. The molecule has 5 unspecified atom stereocenters. The van der Waals surface area contributed by atoms with Crippen molar-refractivity contribution in [2.45, 2.75) is 57.3 Å². The molecule has 14 heteroatoms. The average molecular weight is 464 g/mol. The standard InChI is InChI=1S/C17H28N4O9S/c1-3-7(2)13(18)16(28)20-9(5-12(24)25)14(26)19-8(4-11(22)23)15(27)21-10(6-31)17(29)30/h7-10,13,31H,3-6,18H2,1-2H3,(H,19,26)(H,20,28)(H,21,27)(H,22,23)(H,24,25)(H,29,30). The number of amides is 3. The van der Waals surface area contributed by atoms with E-state index in [1.54, 1.807) is 13.8 Å². The summed E-state index contributed by atoms with van der Waals surface area (Å²) in [5, 5.41) is 33.3. The van der Waals surface area contributed by atoms with Crippen molar-refractivity contribution >= 4 is 48.3 Å². The van der Waals surface area contributed by atoms with E-state index in [4.69, 9.17) is 21.1 Å². The van der Waals surface area contributed by atoms with Gasteiger partial charge in [0.2, 0.25) is 17.7 Å². The molecule has 0 aromatic rings. The molecule has 0 heterocycles. The Hall–Kier alpha value is -2.87. The first kappa shape index (κ1) is 28.1. The number of nitrogens with two attached hydrogens (primary N) is 1. The average Bonchev–Trinajstić information content (AvgIpc) is 2.68. The van der Waals surface area contributed by atoms with E-state index >= 15 is 0 Å². The molecule has 0 radical (unpaired) electrons. The third-order valence-corrected chi connectivity index (χ3v) is 4.75. The van der Waals surface area contributed by atoms with Crippen LogP contribution in [0.3, 0.4) is 0 Å². The monoisotopic (exact) mass is 464 g/mol. The number of thiol groups is 1. The van der Waals surface area contributed by atoms with Gasteiger partial charge in [-0.05, 0) is 5.92 Å². The van der Waals surface area contributed by atoms with Gasteiger partial charge in [-0.2, -0.15) is 12.6 Å². The minimum atomic E-state index is -1.73. The normalized spacial score (nSPS) is 15.5. The van der Waals surface area contributed by atoms with Crippen LogP contribution in [0.25, 0.3) is 0 Å². The molecular weight excluding hydrogens is 436 g/mol. The topological polar surface area (TPSA) is 225 Å². The third-order valence-electron chi connectivity index (χ3n) is 4.38. The molecule has 5 atom stereocenters. The zero-order chi connectivity index (χ0) is 24.3. The molecule has 0 rings (SSSR count). The number of nitrogens with one attached hydrogen (secondary N) is 3. The van der Waals surface area contributed by atoms with Crippen LogP contribution < -0.4 is 21.7 Å². The fraction of sp³-hybridized carbons (Fsp3) is 0.647. The summed E-state index contributed by atoms with van der Waals surface area (Å²) in [4.78, 5) is 70.3. The van der Waals surface area contributed by atoms with Gasteiger partial charge in [-0.1, -0.05) is 20.3 Å². The minimum Gasteiger partial charge on any atom is -0.481 e. The number of hydrogen-bond acceptors (Lipinski definition) is 8. The summed E-state index contributed by atoms with van der Waals surface area (Å²) in [6.45, 7) is 3.47. The van der Waals surface area contributed by atoms with E-state index in [1.807, 2.05) is 10.6 Å². The van der Waals surface area contributed by atoms with Crippen LogP contribution in [-0.2, 0) is 28.8 Å². The molecular formula is C17H28N4O9S. The lowest BCUT2D eigenvalue weighted by Crippen LogP contribution is -2.58. The van der Waals surface area contributed by atoms with Gasteiger partial charge in [-0.15, -0.1) is 0 Å². The van der Waals surface area contributed by atoms with Crippen molar-refractivity contribution in [3.05, 3.63) is 0 Å². The van der Waals surface area contributed by atoms with Crippen molar-refractivity contribution in [1.82, 2.24) is 16.0 Å². The fourth-order valence-electron chi connectivity index (χ4n) is 2.28. The predicted molar refractivity (Wildman–Crippen MR) is 109 cm³/mol. The van der Waals surface area contributed by atoms with Crippen molar-refractivity contribution < 1.29 is 44.1 Å². The Labute approximate surface area is 183 Å². The van der Waals surface area contributed by atoms with E-state index in [2.05, 4.69) is 17.9 Å². The quantitative estimate of drug-likeness (QED) is 0.129. The van der Waals surface area contributed by atoms with Crippen molar-refractivity contribution in [2.24, 2.45) is 11.7 Å². The number of rotatable bonds is 14. The molecule has 31 heavy (non-hydrogen) atoms. The Morgan fingerprint density at radius 1 is 0.806 bits per heavy atom. The van der Waals surface area contributed by atoms with Gasteiger partial charge in [0.05, 0.1) is 18.9 Å². The minimum absolute atomic E-state index is 0.270. The van der Waals surface area contributed by atoms with Gasteiger partial charge in [0.1, 0.15) is 18.1 Å². The molecule has 0 aliphatic heterocycles. The Bertz CT molecular complexity index is 703. The van der Waals surface area contributed by atoms with E-state index < -0.39 is 72.6 Å². The Kier molecular flexibility index (Phi) is 12.2. The van der Waals surface area contributed by atoms with Crippen LogP contribution in [0.2, 0.25) is 0 Å². The number of carbonyl (C=O) groups excluding carboxylic acids is 3. The SMILES string of the molecule is CCC(C)C(N)C(=O)NC(CC(=O)O)C(=O)NC(CC(=O)O)C(=O)NC(CS)C(=O)O. The van der Waals surface area contributed by atoms with Crippen molar-refractivity contribution in [3.63, 3.8) is 0 Å². The first-order chi connectivity index (χ1) is 14.3. The molecule has 3 amide bonds. The van der Waals surface area contributed by atoms with Crippen molar-refractivity contribution in [1.29, 1.82) is 0 Å². The summed E-state index contributed by atoms with van der Waals surface area (Å²) in [6.07, 6.45) is -1.24. The molecule has 0 aromatic heterocycles. The number of carboxylic acids is 3. The number of hydrogen-bond donors (Lipinski definition) is 8. The molecule has 0 aliphatic rings. The first-order valence-corrected chi connectivity index (χ1v) is 9.91. The van der Waals surface area contributed by atoms with Gasteiger partial charge >= 0.3 is 17.9 Å².